The van der Waals surface area contributed by atoms with Gasteiger partial charge in [0.05, 0.1) is 19.1 Å². The van der Waals surface area contributed by atoms with Crippen molar-refractivity contribution in [2.24, 2.45) is 0 Å². The van der Waals surface area contributed by atoms with Gasteiger partial charge in [0.1, 0.15) is 5.75 Å². The molecule has 0 saturated carbocycles. The average molecular weight is 359 g/mol. The van der Waals surface area contributed by atoms with E-state index in [0.717, 1.165) is 30.7 Å². The molecule has 2 fully saturated rings. The van der Waals surface area contributed by atoms with Gasteiger partial charge in [-0.25, -0.2) is 0 Å². The number of nitrogens with zero attached hydrogens (tertiary/aromatic N) is 3. The van der Waals surface area contributed by atoms with Crippen molar-refractivity contribution in [3.63, 3.8) is 0 Å². The van der Waals surface area contributed by atoms with E-state index in [2.05, 4.69) is 4.90 Å². The van der Waals surface area contributed by atoms with Gasteiger partial charge >= 0.3 is 0 Å². The molecule has 1 atom stereocenters. The van der Waals surface area contributed by atoms with Crippen LogP contribution in [0.4, 0.5) is 0 Å². The summed E-state index contributed by atoms with van der Waals surface area (Å²) >= 11 is 0. The highest BCUT2D eigenvalue weighted by Gasteiger charge is 2.33. The summed E-state index contributed by atoms with van der Waals surface area (Å²) in [5.41, 5.74) is 0.990. The molecule has 2 saturated heterocycles. The first-order valence-electron chi connectivity index (χ1n) is 9.57. The van der Waals surface area contributed by atoms with Crippen molar-refractivity contribution in [2.75, 3.05) is 46.4 Å². The maximum absolute atomic E-state index is 12.6. The zero-order valence-electron chi connectivity index (χ0n) is 15.8. The van der Waals surface area contributed by atoms with Crippen molar-refractivity contribution in [3.8, 4) is 5.75 Å². The van der Waals surface area contributed by atoms with E-state index in [1.54, 1.807) is 0 Å². The van der Waals surface area contributed by atoms with E-state index < -0.39 is 0 Å². The number of ether oxygens (including phenoxy) is 1. The second-order valence-electron chi connectivity index (χ2n) is 7.10. The minimum absolute atomic E-state index is 0.0288. The van der Waals surface area contributed by atoms with Crippen LogP contribution in [0.25, 0.3) is 0 Å². The van der Waals surface area contributed by atoms with Crippen LogP contribution >= 0.6 is 0 Å². The Kier molecular flexibility index (Phi) is 6.14. The lowest BCUT2D eigenvalue weighted by atomic mass is 10.1. The third-order valence-electron chi connectivity index (χ3n) is 5.34. The van der Waals surface area contributed by atoms with Gasteiger partial charge in [0.25, 0.3) is 0 Å². The summed E-state index contributed by atoms with van der Waals surface area (Å²) in [7, 11) is 2.02. The Bertz CT molecular complexity index is 624. The van der Waals surface area contributed by atoms with Gasteiger partial charge in [-0.1, -0.05) is 12.1 Å². The molecule has 2 aliphatic rings. The van der Waals surface area contributed by atoms with Gasteiger partial charge in [0, 0.05) is 26.2 Å². The number of hydrogen-bond donors (Lipinski definition) is 0. The molecule has 2 amide bonds. The van der Waals surface area contributed by atoms with Crippen molar-refractivity contribution < 1.29 is 14.3 Å². The number of likely N-dealkylation sites (N-methyl/N-ethyl adjacent to an activating group) is 1. The third kappa shape index (κ3) is 4.36. The predicted molar refractivity (Wildman–Crippen MR) is 100 cm³/mol. The Morgan fingerprint density at radius 1 is 1.04 bits per heavy atom. The minimum Gasteiger partial charge on any atom is -0.494 e. The van der Waals surface area contributed by atoms with E-state index in [-0.39, 0.29) is 17.9 Å². The van der Waals surface area contributed by atoms with E-state index in [1.165, 1.54) is 0 Å². The highest BCUT2D eigenvalue weighted by molar-refractivity contribution is 5.83. The number of carbonyl (C=O) groups excluding carboxylic acids is 2. The molecule has 1 unspecified atom stereocenters. The fourth-order valence-corrected chi connectivity index (χ4v) is 3.77. The monoisotopic (exact) mass is 359 g/mol. The standard InChI is InChI=1S/C20H29N3O3/c1-3-26-17-8-6-16(7-9-17)15-19(24)22-11-13-23(14-12-22)20(25)18-5-4-10-21(18)2/h6-9,18H,3-5,10-15H2,1-2H3. The van der Waals surface area contributed by atoms with Crippen molar-refractivity contribution >= 4 is 11.8 Å². The Hall–Kier alpha value is -2.08. The van der Waals surface area contributed by atoms with E-state index in [4.69, 9.17) is 4.74 Å². The predicted octanol–water partition coefficient (Wildman–Crippen LogP) is 1.39. The third-order valence-corrected chi connectivity index (χ3v) is 5.34. The van der Waals surface area contributed by atoms with Crippen LogP contribution in [-0.4, -0.2) is 78.9 Å². The van der Waals surface area contributed by atoms with Crippen LogP contribution in [0.1, 0.15) is 25.3 Å². The molecule has 3 rings (SSSR count). The summed E-state index contributed by atoms with van der Waals surface area (Å²) in [5.74, 6) is 1.18. The molecular weight excluding hydrogens is 330 g/mol. The highest BCUT2D eigenvalue weighted by atomic mass is 16.5. The lowest BCUT2D eigenvalue weighted by molar-refractivity contribution is -0.141. The Balaban J connectivity index is 1.48. The van der Waals surface area contributed by atoms with E-state index in [9.17, 15) is 9.59 Å². The first kappa shape index (κ1) is 18.7. The SMILES string of the molecule is CCOc1ccc(CC(=O)N2CCN(C(=O)C3CCCN3C)CC2)cc1. The van der Waals surface area contributed by atoms with E-state index in [0.29, 0.717) is 39.2 Å². The molecule has 0 N–H and O–H groups in total. The molecule has 142 valence electrons. The van der Waals surface area contributed by atoms with Crippen LogP contribution < -0.4 is 4.74 Å². The van der Waals surface area contributed by atoms with Crippen LogP contribution in [0.5, 0.6) is 5.75 Å². The molecule has 0 bridgehead atoms. The van der Waals surface area contributed by atoms with E-state index >= 15 is 0 Å². The number of benzene rings is 1. The Morgan fingerprint density at radius 2 is 1.69 bits per heavy atom. The van der Waals surface area contributed by atoms with Gasteiger partial charge in [-0.05, 0) is 51.1 Å². The van der Waals surface area contributed by atoms with Crippen molar-refractivity contribution in [1.82, 2.24) is 14.7 Å². The van der Waals surface area contributed by atoms with Crippen molar-refractivity contribution in [3.05, 3.63) is 29.8 Å². The second kappa shape index (κ2) is 8.54. The molecule has 6 heteroatoms. The fraction of sp³-hybridized carbons (Fsp3) is 0.600. The average Bonchev–Trinajstić information content (AvgIpc) is 3.09. The van der Waals surface area contributed by atoms with E-state index in [1.807, 2.05) is 48.0 Å². The van der Waals surface area contributed by atoms with Crippen LogP contribution in [-0.2, 0) is 16.0 Å². The lowest BCUT2D eigenvalue weighted by Gasteiger charge is -2.37. The van der Waals surface area contributed by atoms with Gasteiger partial charge in [0.2, 0.25) is 11.8 Å². The largest absolute Gasteiger partial charge is 0.494 e. The molecule has 6 nitrogen and oxygen atoms in total. The molecule has 0 spiro atoms. The molecule has 2 aliphatic heterocycles. The van der Waals surface area contributed by atoms with Crippen LogP contribution in [0, 0.1) is 0 Å². The topological polar surface area (TPSA) is 53.1 Å². The summed E-state index contributed by atoms with van der Waals surface area (Å²) in [6.07, 6.45) is 2.44. The maximum atomic E-state index is 12.6. The smallest absolute Gasteiger partial charge is 0.240 e. The number of carbonyl (C=O) groups is 2. The quantitative estimate of drug-likeness (QED) is 0.797. The summed E-state index contributed by atoms with van der Waals surface area (Å²) in [4.78, 5) is 31.1. The number of rotatable bonds is 5. The van der Waals surface area contributed by atoms with Crippen LogP contribution in [0.3, 0.4) is 0 Å². The Morgan fingerprint density at radius 3 is 2.27 bits per heavy atom. The van der Waals surface area contributed by atoms with Crippen molar-refractivity contribution in [2.45, 2.75) is 32.2 Å². The van der Waals surface area contributed by atoms with Crippen molar-refractivity contribution in [1.29, 1.82) is 0 Å². The van der Waals surface area contributed by atoms with Gasteiger partial charge in [-0.2, -0.15) is 0 Å². The second-order valence-corrected chi connectivity index (χ2v) is 7.10. The minimum atomic E-state index is 0.0288. The maximum Gasteiger partial charge on any atom is 0.240 e. The number of hydrogen-bond acceptors (Lipinski definition) is 4. The molecule has 0 aliphatic carbocycles. The normalized spacial score (nSPS) is 21.1. The molecule has 0 aromatic heterocycles. The van der Waals surface area contributed by atoms with Gasteiger partial charge < -0.3 is 14.5 Å². The Labute approximate surface area is 155 Å². The first-order chi connectivity index (χ1) is 12.6. The summed E-state index contributed by atoms with van der Waals surface area (Å²) in [6, 6.07) is 7.72. The van der Waals surface area contributed by atoms with Gasteiger partial charge in [0.15, 0.2) is 0 Å². The summed E-state index contributed by atoms with van der Waals surface area (Å²) in [6.45, 7) is 6.11. The van der Waals surface area contributed by atoms with Crippen LogP contribution in [0.2, 0.25) is 0 Å². The number of likely N-dealkylation sites (tertiary alicyclic amines) is 1. The zero-order chi connectivity index (χ0) is 18.5. The molecule has 26 heavy (non-hydrogen) atoms. The molecule has 2 heterocycles. The van der Waals surface area contributed by atoms with Crippen LogP contribution in [0.15, 0.2) is 24.3 Å². The molecular formula is C20H29N3O3. The fourth-order valence-electron chi connectivity index (χ4n) is 3.77. The number of amides is 2. The zero-order valence-corrected chi connectivity index (χ0v) is 15.8. The number of piperazine rings is 1. The molecule has 1 aromatic rings. The molecule has 0 radical (unpaired) electrons. The summed E-state index contributed by atoms with van der Waals surface area (Å²) < 4.78 is 5.43. The van der Waals surface area contributed by atoms with Gasteiger partial charge in [-0.15, -0.1) is 0 Å². The highest BCUT2D eigenvalue weighted by Crippen LogP contribution is 2.18. The summed E-state index contributed by atoms with van der Waals surface area (Å²) in [5, 5.41) is 0. The van der Waals surface area contributed by atoms with Gasteiger partial charge in [-0.3, -0.25) is 14.5 Å². The lowest BCUT2D eigenvalue weighted by Crippen LogP contribution is -2.54. The molecule has 1 aromatic carbocycles. The first-order valence-corrected chi connectivity index (χ1v) is 9.57.